The van der Waals surface area contributed by atoms with Crippen LogP contribution in [-0.2, 0) is 6.61 Å². The molecule has 0 saturated heterocycles. The Morgan fingerprint density at radius 3 is 2.62 bits per heavy atom. The van der Waals surface area contributed by atoms with Crippen LogP contribution in [-0.4, -0.2) is 17.2 Å². The molecular formula is C15H13BFNO3. The van der Waals surface area contributed by atoms with Crippen LogP contribution in [0.4, 0.5) is 4.39 Å². The summed E-state index contributed by atoms with van der Waals surface area (Å²) >= 11 is 0. The lowest BCUT2D eigenvalue weighted by atomic mass is 9.79. The summed E-state index contributed by atoms with van der Waals surface area (Å²) in [5, 5.41) is 27.0. The van der Waals surface area contributed by atoms with Gasteiger partial charge in [0, 0.05) is 5.56 Å². The monoisotopic (exact) mass is 285 g/mol. The maximum atomic E-state index is 13.6. The first-order chi connectivity index (χ1) is 10.0. The predicted molar refractivity (Wildman–Crippen MR) is 76.5 cm³/mol. The van der Waals surface area contributed by atoms with Crippen LogP contribution < -0.4 is 10.2 Å². The third kappa shape index (κ3) is 3.60. The Balaban J connectivity index is 2.15. The average molecular weight is 285 g/mol. The molecule has 6 heteroatoms. The lowest BCUT2D eigenvalue weighted by molar-refractivity contribution is 0.298. The molecule has 0 radical (unpaired) electrons. The van der Waals surface area contributed by atoms with Crippen LogP contribution in [0.25, 0.3) is 0 Å². The molecule has 2 rings (SSSR count). The van der Waals surface area contributed by atoms with E-state index in [1.54, 1.807) is 19.1 Å². The standard InChI is InChI=1S/C15H13BFNO3/c1-10-6-13(16(19)20)3-5-15(10)21-9-12-7-11(8-18)2-4-14(12)17/h2-7,19-20H,9H2,1H3. The highest BCUT2D eigenvalue weighted by atomic mass is 19.1. The van der Waals surface area contributed by atoms with Crippen molar-refractivity contribution in [1.82, 2.24) is 0 Å². The number of benzene rings is 2. The van der Waals surface area contributed by atoms with Gasteiger partial charge < -0.3 is 14.8 Å². The van der Waals surface area contributed by atoms with Gasteiger partial charge in [-0.05, 0) is 42.2 Å². The number of aryl methyl sites for hydroxylation is 1. The highest BCUT2D eigenvalue weighted by Crippen LogP contribution is 2.19. The summed E-state index contributed by atoms with van der Waals surface area (Å²) in [4.78, 5) is 0. The van der Waals surface area contributed by atoms with Crippen LogP contribution in [0.3, 0.4) is 0 Å². The van der Waals surface area contributed by atoms with Gasteiger partial charge in [-0.25, -0.2) is 4.39 Å². The molecule has 0 aliphatic heterocycles. The highest BCUT2D eigenvalue weighted by Gasteiger charge is 2.13. The van der Waals surface area contributed by atoms with Crippen molar-refractivity contribution in [3.63, 3.8) is 0 Å². The second-order valence-corrected chi connectivity index (χ2v) is 4.61. The summed E-state index contributed by atoms with van der Waals surface area (Å²) in [6.45, 7) is 1.74. The molecule has 0 saturated carbocycles. The molecule has 0 atom stereocenters. The van der Waals surface area contributed by atoms with Crippen molar-refractivity contribution in [1.29, 1.82) is 5.26 Å². The molecule has 0 heterocycles. The van der Waals surface area contributed by atoms with Crippen LogP contribution in [0.2, 0.25) is 0 Å². The summed E-state index contributed by atoms with van der Waals surface area (Å²) in [5.74, 6) is 0.0789. The van der Waals surface area contributed by atoms with E-state index in [0.717, 1.165) is 0 Å². The van der Waals surface area contributed by atoms with Gasteiger partial charge in [0.1, 0.15) is 18.2 Å². The Bertz CT molecular complexity index is 698. The fourth-order valence-electron chi connectivity index (χ4n) is 1.91. The maximum Gasteiger partial charge on any atom is 0.488 e. The number of rotatable bonds is 4. The van der Waals surface area contributed by atoms with Crippen molar-refractivity contribution in [2.45, 2.75) is 13.5 Å². The minimum atomic E-state index is -1.54. The van der Waals surface area contributed by atoms with Gasteiger partial charge in [-0.2, -0.15) is 5.26 Å². The Morgan fingerprint density at radius 2 is 2.00 bits per heavy atom. The van der Waals surface area contributed by atoms with E-state index >= 15 is 0 Å². The van der Waals surface area contributed by atoms with Crippen molar-refractivity contribution in [3.05, 3.63) is 58.9 Å². The second kappa shape index (κ2) is 6.40. The van der Waals surface area contributed by atoms with Crippen LogP contribution in [0.1, 0.15) is 16.7 Å². The quantitative estimate of drug-likeness (QED) is 0.829. The molecule has 2 aromatic carbocycles. The first kappa shape index (κ1) is 15.0. The van der Waals surface area contributed by atoms with Gasteiger partial charge in [0.25, 0.3) is 0 Å². The van der Waals surface area contributed by atoms with Gasteiger partial charge in [0.2, 0.25) is 0 Å². The Kier molecular flexibility index (Phi) is 4.58. The molecule has 4 nitrogen and oxygen atoms in total. The smallest absolute Gasteiger partial charge is 0.488 e. The van der Waals surface area contributed by atoms with E-state index in [1.165, 1.54) is 24.3 Å². The zero-order valence-corrected chi connectivity index (χ0v) is 11.4. The third-order valence-electron chi connectivity index (χ3n) is 3.06. The topological polar surface area (TPSA) is 73.5 Å². The van der Waals surface area contributed by atoms with E-state index in [4.69, 9.17) is 20.0 Å². The normalized spacial score (nSPS) is 10.0. The number of ether oxygens (including phenoxy) is 1. The van der Waals surface area contributed by atoms with Crippen molar-refractivity contribution >= 4 is 12.6 Å². The molecule has 21 heavy (non-hydrogen) atoms. The zero-order chi connectivity index (χ0) is 15.4. The lowest BCUT2D eigenvalue weighted by Crippen LogP contribution is -2.29. The first-order valence-corrected chi connectivity index (χ1v) is 6.29. The van der Waals surface area contributed by atoms with Crippen LogP contribution >= 0.6 is 0 Å². The third-order valence-corrected chi connectivity index (χ3v) is 3.06. The highest BCUT2D eigenvalue weighted by molar-refractivity contribution is 6.58. The van der Waals surface area contributed by atoms with Crippen LogP contribution in [0.15, 0.2) is 36.4 Å². The largest absolute Gasteiger partial charge is 0.489 e. The second-order valence-electron chi connectivity index (χ2n) is 4.61. The number of hydrogen-bond acceptors (Lipinski definition) is 4. The average Bonchev–Trinajstić information content (AvgIpc) is 2.47. The van der Waals surface area contributed by atoms with Gasteiger partial charge in [0.05, 0.1) is 11.6 Å². The number of hydrogen-bond donors (Lipinski definition) is 2. The van der Waals surface area contributed by atoms with Crippen molar-refractivity contribution in [2.75, 3.05) is 0 Å². The Labute approximate surface area is 122 Å². The summed E-state index contributed by atoms with van der Waals surface area (Å²) in [6.07, 6.45) is 0. The van der Waals surface area contributed by atoms with Crippen molar-refractivity contribution in [3.8, 4) is 11.8 Å². The molecule has 0 fully saturated rings. The summed E-state index contributed by atoms with van der Waals surface area (Å²) in [6, 6.07) is 10.7. The molecule has 0 aromatic heterocycles. The SMILES string of the molecule is Cc1cc(B(O)O)ccc1OCc1cc(C#N)ccc1F. The minimum Gasteiger partial charge on any atom is -0.489 e. The molecule has 106 valence electrons. The fraction of sp³-hybridized carbons (Fsp3) is 0.133. The fourth-order valence-corrected chi connectivity index (χ4v) is 1.91. The Morgan fingerprint density at radius 1 is 1.24 bits per heavy atom. The number of halogens is 1. The van der Waals surface area contributed by atoms with Gasteiger partial charge in [-0.1, -0.05) is 12.1 Å². The van der Waals surface area contributed by atoms with Gasteiger partial charge >= 0.3 is 7.12 Å². The first-order valence-electron chi connectivity index (χ1n) is 6.29. The molecule has 0 spiro atoms. The van der Waals surface area contributed by atoms with Crippen LogP contribution in [0, 0.1) is 24.1 Å². The molecule has 0 amide bonds. The van der Waals surface area contributed by atoms with Crippen molar-refractivity contribution < 1.29 is 19.2 Å². The summed E-state index contributed by atoms with van der Waals surface area (Å²) in [5.41, 5.74) is 1.72. The van der Waals surface area contributed by atoms with E-state index < -0.39 is 12.9 Å². The van der Waals surface area contributed by atoms with E-state index in [1.807, 2.05) is 6.07 Å². The summed E-state index contributed by atoms with van der Waals surface area (Å²) in [7, 11) is -1.54. The van der Waals surface area contributed by atoms with E-state index in [-0.39, 0.29) is 6.61 Å². The van der Waals surface area contributed by atoms with Gasteiger partial charge in [0.15, 0.2) is 0 Å². The zero-order valence-electron chi connectivity index (χ0n) is 11.4. The molecular weight excluding hydrogens is 272 g/mol. The van der Waals surface area contributed by atoms with E-state index in [9.17, 15) is 4.39 Å². The minimum absolute atomic E-state index is 0.0107. The van der Waals surface area contributed by atoms with Crippen molar-refractivity contribution in [2.24, 2.45) is 0 Å². The molecule has 2 N–H and O–H groups in total. The predicted octanol–water partition coefficient (Wildman–Crippen LogP) is 1.26. The molecule has 0 bridgehead atoms. The van der Waals surface area contributed by atoms with E-state index in [0.29, 0.717) is 27.9 Å². The number of nitriles is 1. The Hall–Kier alpha value is -2.36. The molecule has 0 aliphatic rings. The lowest BCUT2D eigenvalue weighted by Gasteiger charge is -2.11. The summed E-state index contributed by atoms with van der Waals surface area (Å²) < 4.78 is 19.1. The van der Waals surface area contributed by atoms with E-state index in [2.05, 4.69) is 0 Å². The molecule has 0 aliphatic carbocycles. The maximum absolute atomic E-state index is 13.6. The van der Waals surface area contributed by atoms with Gasteiger partial charge in [-0.3, -0.25) is 0 Å². The molecule has 2 aromatic rings. The number of nitrogens with zero attached hydrogens (tertiary/aromatic N) is 1. The van der Waals surface area contributed by atoms with Gasteiger partial charge in [-0.15, -0.1) is 0 Å². The molecule has 0 unspecified atom stereocenters. The van der Waals surface area contributed by atoms with Crippen LogP contribution in [0.5, 0.6) is 5.75 Å².